The van der Waals surface area contributed by atoms with Gasteiger partial charge < -0.3 is 10.0 Å². The van der Waals surface area contributed by atoms with E-state index in [-0.39, 0.29) is 17.7 Å². The van der Waals surface area contributed by atoms with Crippen LogP contribution in [0.3, 0.4) is 0 Å². The molecule has 2 rings (SSSR count). The van der Waals surface area contributed by atoms with Gasteiger partial charge in [-0.15, -0.1) is 0 Å². The number of carbonyl (C=O) groups is 1. The quantitative estimate of drug-likeness (QED) is 0.941. The van der Waals surface area contributed by atoms with E-state index < -0.39 is 0 Å². The molecule has 0 aliphatic carbocycles. The molecule has 110 valence electrons. The molecule has 1 heterocycles. The van der Waals surface area contributed by atoms with Gasteiger partial charge in [0.25, 0.3) is 5.91 Å². The topological polar surface area (TPSA) is 66.3 Å². The lowest BCUT2D eigenvalue weighted by atomic mass is 10.1. The van der Waals surface area contributed by atoms with Gasteiger partial charge in [0, 0.05) is 7.05 Å². The number of phenolic OH excluding ortho intramolecular Hbond substituents is 1. The van der Waals surface area contributed by atoms with Gasteiger partial charge in [0.2, 0.25) is 0 Å². The predicted molar refractivity (Wildman–Crippen MR) is 80.1 cm³/mol. The zero-order valence-electron chi connectivity index (χ0n) is 12.7. The Kier molecular flexibility index (Phi) is 4.21. The van der Waals surface area contributed by atoms with Gasteiger partial charge in [-0.2, -0.15) is 10.2 Å². The van der Waals surface area contributed by atoms with E-state index in [0.717, 1.165) is 11.3 Å². The van der Waals surface area contributed by atoms with Crippen molar-refractivity contribution in [3.8, 4) is 5.75 Å². The summed E-state index contributed by atoms with van der Waals surface area (Å²) in [7, 11) is 1.76. The fraction of sp³-hybridized carbons (Fsp3) is 0.312. The van der Waals surface area contributed by atoms with Gasteiger partial charge in [-0.1, -0.05) is 12.1 Å². The summed E-state index contributed by atoms with van der Waals surface area (Å²) in [6.45, 7) is 5.53. The Morgan fingerprint density at radius 1 is 1.19 bits per heavy atom. The van der Waals surface area contributed by atoms with Gasteiger partial charge in [0.15, 0.2) is 0 Å². The molecule has 0 fully saturated rings. The summed E-state index contributed by atoms with van der Waals surface area (Å²) in [5, 5.41) is 17.3. The maximum atomic E-state index is 12.6. The van der Waals surface area contributed by atoms with Crippen molar-refractivity contribution in [2.45, 2.75) is 26.8 Å². The van der Waals surface area contributed by atoms with E-state index in [4.69, 9.17) is 0 Å². The number of rotatable bonds is 3. The predicted octanol–water partition coefficient (Wildman–Crippen LogP) is 2.63. The number of amides is 1. The Bertz CT molecular complexity index is 653. The van der Waals surface area contributed by atoms with Gasteiger partial charge in [-0.3, -0.25) is 4.79 Å². The first-order chi connectivity index (χ1) is 9.90. The number of carbonyl (C=O) groups excluding carboxylic acids is 1. The molecule has 0 spiro atoms. The highest BCUT2D eigenvalue weighted by molar-refractivity contribution is 5.95. The van der Waals surface area contributed by atoms with Crippen LogP contribution in [0.25, 0.3) is 0 Å². The highest BCUT2D eigenvalue weighted by atomic mass is 16.3. The third-order valence-electron chi connectivity index (χ3n) is 3.61. The van der Waals surface area contributed by atoms with Crippen LogP contribution in [0.1, 0.15) is 40.3 Å². The van der Waals surface area contributed by atoms with Crippen LogP contribution in [0.15, 0.2) is 30.3 Å². The molecule has 0 aliphatic rings. The Morgan fingerprint density at radius 3 is 2.43 bits per heavy atom. The van der Waals surface area contributed by atoms with Crippen molar-refractivity contribution >= 4 is 5.91 Å². The van der Waals surface area contributed by atoms with E-state index in [9.17, 15) is 9.90 Å². The summed E-state index contributed by atoms with van der Waals surface area (Å²) in [6, 6.07) is 8.51. The van der Waals surface area contributed by atoms with Crippen molar-refractivity contribution in [2.24, 2.45) is 0 Å². The lowest BCUT2D eigenvalue weighted by Gasteiger charge is -2.26. The van der Waals surface area contributed by atoms with Gasteiger partial charge in [0.05, 0.1) is 23.0 Å². The molecular weight excluding hydrogens is 266 g/mol. The summed E-state index contributed by atoms with van der Waals surface area (Å²) in [4.78, 5) is 14.3. The molecule has 0 bridgehead atoms. The van der Waals surface area contributed by atoms with E-state index in [1.807, 2.05) is 26.0 Å². The van der Waals surface area contributed by atoms with Gasteiger partial charge >= 0.3 is 0 Å². The van der Waals surface area contributed by atoms with Crippen molar-refractivity contribution in [3.05, 3.63) is 52.8 Å². The molecule has 1 aromatic carbocycles. The molecule has 5 heteroatoms. The first-order valence-electron chi connectivity index (χ1n) is 6.77. The molecule has 0 aliphatic heterocycles. The third kappa shape index (κ3) is 3.18. The van der Waals surface area contributed by atoms with Crippen LogP contribution < -0.4 is 0 Å². The fourth-order valence-corrected chi connectivity index (χ4v) is 2.11. The van der Waals surface area contributed by atoms with Gasteiger partial charge in [-0.05, 0) is 44.5 Å². The van der Waals surface area contributed by atoms with Crippen LogP contribution >= 0.6 is 0 Å². The summed E-state index contributed by atoms with van der Waals surface area (Å²) < 4.78 is 0. The third-order valence-corrected chi connectivity index (χ3v) is 3.61. The number of hydrogen-bond donors (Lipinski definition) is 1. The molecular formula is C16H19N3O2. The van der Waals surface area contributed by atoms with Crippen molar-refractivity contribution in [1.29, 1.82) is 0 Å². The Morgan fingerprint density at radius 2 is 1.81 bits per heavy atom. The molecule has 2 aromatic rings. The van der Waals surface area contributed by atoms with Gasteiger partial charge in [-0.25, -0.2) is 0 Å². The smallest absolute Gasteiger partial charge is 0.256 e. The zero-order valence-corrected chi connectivity index (χ0v) is 12.7. The van der Waals surface area contributed by atoms with E-state index in [1.165, 1.54) is 0 Å². The Hall–Kier alpha value is -2.43. The lowest BCUT2D eigenvalue weighted by Crippen LogP contribution is -2.30. The van der Waals surface area contributed by atoms with Crippen LogP contribution in [-0.4, -0.2) is 33.2 Å². The highest BCUT2D eigenvalue weighted by Crippen LogP contribution is 2.23. The molecule has 5 nitrogen and oxygen atoms in total. The average Bonchev–Trinajstić information content (AvgIpc) is 2.48. The second kappa shape index (κ2) is 5.91. The van der Waals surface area contributed by atoms with Crippen molar-refractivity contribution in [2.75, 3.05) is 7.05 Å². The summed E-state index contributed by atoms with van der Waals surface area (Å²) in [5.41, 5.74) is 2.86. The second-order valence-electron chi connectivity index (χ2n) is 5.17. The Labute approximate surface area is 124 Å². The molecule has 1 aromatic heterocycles. The van der Waals surface area contributed by atoms with Crippen molar-refractivity contribution in [1.82, 2.24) is 15.1 Å². The molecule has 0 radical (unpaired) electrons. The fourth-order valence-electron chi connectivity index (χ4n) is 2.11. The number of aromatic hydroxyl groups is 1. The maximum Gasteiger partial charge on any atom is 0.256 e. The highest BCUT2D eigenvalue weighted by Gasteiger charge is 2.21. The molecule has 0 saturated carbocycles. The molecule has 1 amide bonds. The van der Waals surface area contributed by atoms with E-state index >= 15 is 0 Å². The minimum Gasteiger partial charge on any atom is -0.508 e. The van der Waals surface area contributed by atoms with E-state index in [0.29, 0.717) is 11.3 Å². The number of hydrogen-bond acceptors (Lipinski definition) is 4. The number of aryl methyl sites for hydroxylation is 2. The van der Waals surface area contributed by atoms with Crippen LogP contribution in [0.2, 0.25) is 0 Å². The van der Waals surface area contributed by atoms with Crippen LogP contribution in [0.5, 0.6) is 5.75 Å². The summed E-state index contributed by atoms with van der Waals surface area (Å²) in [5.74, 6) is 0.121. The SMILES string of the molecule is Cc1cc(C(=O)N(C)C(C)c2ccc(O)cc2)c(C)nn1. The zero-order chi connectivity index (χ0) is 15.6. The minimum absolute atomic E-state index is 0.0916. The average molecular weight is 285 g/mol. The number of benzene rings is 1. The standard InChI is InChI=1S/C16H19N3O2/c1-10-9-15(11(2)18-17-10)16(21)19(4)12(3)13-5-7-14(20)8-6-13/h5-9,12,20H,1-4H3. The number of phenols is 1. The maximum absolute atomic E-state index is 12.6. The Balaban J connectivity index is 2.26. The summed E-state index contributed by atoms with van der Waals surface area (Å²) >= 11 is 0. The second-order valence-corrected chi connectivity index (χ2v) is 5.17. The van der Waals surface area contributed by atoms with Crippen molar-refractivity contribution in [3.63, 3.8) is 0 Å². The van der Waals surface area contributed by atoms with E-state index in [1.54, 1.807) is 37.1 Å². The normalized spacial score (nSPS) is 12.0. The van der Waals surface area contributed by atoms with E-state index in [2.05, 4.69) is 10.2 Å². The monoisotopic (exact) mass is 285 g/mol. The van der Waals surface area contributed by atoms with Crippen LogP contribution in [-0.2, 0) is 0 Å². The number of aromatic nitrogens is 2. The number of nitrogens with zero attached hydrogens (tertiary/aromatic N) is 3. The first-order valence-corrected chi connectivity index (χ1v) is 6.77. The summed E-state index contributed by atoms with van der Waals surface area (Å²) in [6.07, 6.45) is 0. The van der Waals surface area contributed by atoms with Crippen LogP contribution in [0, 0.1) is 13.8 Å². The lowest BCUT2D eigenvalue weighted by molar-refractivity contribution is 0.0741. The molecule has 21 heavy (non-hydrogen) atoms. The molecule has 1 N–H and O–H groups in total. The largest absolute Gasteiger partial charge is 0.508 e. The molecule has 1 unspecified atom stereocenters. The molecule has 1 atom stereocenters. The first kappa shape index (κ1) is 15.0. The van der Waals surface area contributed by atoms with Gasteiger partial charge in [0.1, 0.15) is 5.75 Å². The van der Waals surface area contributed by atoms with Crippen LogP contribution in [0.4, 0.5) is 0 Å². The minimum atomic E-state index is -0.106. The van der Waals surface area contributed by atoms with Crippen molar-refractivity contribution < 1.29 is 9.90 Å². The molecule has 0 saturated heterocycles.